The summed E-state index contributed by atoms with van der Waals surface area (Å²) in [6, 6.07) is 13.1. The van der Waals surface area contributed by atoms with Crippen molar-refractivity contribution in [3.63, 3.8) is 0 Å². The first-order valence-electron chi connectivity index (χ1n) is 31.4. The number of thioether (sulfide) groups is 1. The zero-order chi connectivity index (χ0) is 69.0. The predicted molar refractivity (Wildman–Crippen MR) is 375 cm³/mol. The van der Waals surface area contributed by atoms with Gasteiger partial charge < -0.3 is 47.8 Å². The highest BCUT2D eigenvalue weighted by molar-refractivity contribution is 9.09. The number of sulfone groups is 3. The van der Waals surface area contributed by atoms with Crippen molar-refractivity contribution in [2.45, 2.75) is 201 Å². The zero-order valence-corrected chi connectivity index (χ0v) is 63.0. The molecule has 0 spiro atoms. The number of hydrogen-bond acceptors (Lipinski definition) is 20. The van der Waals surface area contributed by atoms with E-state index in [9.17, 15) is 30.4 Å². The number of aromatic nitrogens is 3. The summed E-state index contributed by atoms with van der Waals surface area (Å²) in [5, 5.41) is 10.8. The first-order chi connectivity index (χ1) is 43.9. The highest BCUT2D eigenvalue weighted by Crippen LogP contribution is 2.46. The Morgan fingerprint density at radius 3 is 1.35 bits per heavy atom. The lowest BCUT2D eigenvalue weighted by Crippen LogP contribution is -2.43. The average molecular weight is 1530 g/mol. The van der Waals surface area contributed by atoms with Crippen LogP contribution < -0.4 is 5.73 Å². The van der Waals surface area contributed by atoms with Crippen molar-refractivity contribution in [2.24, 2.45) is 0 Å². The van der Waals surface area contributed by atoms with Gasteiger partial charge in [-0.3, -0.25) is 0 Å². The number of nitrogens with zero attached hydrogens (tertiary/aromatic N) is 3. The number of nitrogens with two attached hydrogens (primary N) is 1. The molecule has 8 heterocycles. The first-order valence-corrected chi connectivity index (χ1v) is 39.2. The maximum Gasteiger partial charge on any atom is 0.200 e. The smallest absolute Gasteiger partial charge is 0.200 e. The summed E-state index contributed by atoms with van der Waals surface area (Å²) < 4.78 is 121. The van der Waals surface area contributed by atoms with Crippen molar-refractivity contribution in [1.82, 2.24) is 15.0 Å². The van der Waals surface area contributed by atoms with E-state index in [-0.39, 0.29) is 82.7 Å². The molecule has 5 atom stereocenters. The molecule has 0 bridgehead atoms. The zero-order valence-electron chi connectivity index (χ0n) is 55.1. The molecule has 28 heteroatoms. The van der Waals surface area contributed by atoms with Crippen LogP contribution >= 0.6 is 74.1 Å². The number of hydrogen-bond donors (Lipinski definition) is 2. The van der Waals surface area contributed by atoms with E-state index >= 15 is 0 Å². The average Bonchev–Trinajstić information content (AvgIpc) is 1.26. The minimum Gasteiger partial charge on any atom is -0.504 e. The van der Waals surface area contributed by atoms with Gasteiger partial charge in [0.15, 0.2) is 52.0 Å². The van der Waals surface area contributed by atoms with Crippen LogP contribution in [0.2, 0.25) is 20.1 Å². The lowest BCUT2D eigenvalue weighted by atomic mass is 9.97. The first kappa shape index (κ1) is 76.3. The van der Waals surface area contributed by atoms with E-state index in [1.54, 1.807) is 49.9 Å². The van der Waals surface area contributed by atoms with Crippen molar-refractivity contribution >= 4 is 143 Å². The van der Waals surface area contributed by atoms with Crippen LogP contribution in [0.4, 0.5) is 5.69 Å². The van der Waals surface area contributed by atoms with Gasteiger partial charge in [-0.2, -0.15) is 0 Å². The third kappa shape index (κ3) is 17.6. The SMILES string of the molecule is BrC1CCCOC1.CC(C)(C)c1nc2ccc(Cl)c(S(=O)(=O)C3(C)CCCOC3)c2o1.CC(C)(C)c1nc2ccc(Cl)c(S(=O)(=O)C3CCCOC3)c2o1.CC(C)(C)c1nc2ccc(Cl)c(SC3CCCOC3)c2o1.CC1(S(=O)(=O)c2c(Cl)ccc(N)c2O)CCCOC1. The lowest BCUT2D eigenvalue weighted by molar-refractivity contribution is 0.0716. The maximum atomic E-state index is 13.4. The molecular formula is C66H87BrCl4N4O15S4. The van der Waals surface area contributed by atoms with Crippen LogP contribution in [-0.2, 0) is 69.4 Å². The van der Waals surface area contributed by atoms with E-state index in [1.165, 1.54) is 25.0 Å². The lowest BCUT2D eigenvalue weighted by Gasteiger charge is -2.33. The van der Waals surface area contributed by atoms with E-state index in [2.05, 4.69) is 51.7 Å². The van der Waals surface area contributed by atoms with Gasteiger partial charge in [0.1, 0.15) is 31.2 Å². The number of alkyl halides is 1. The summed E-state index contributed by atoms with van der Waals surface area (Å²) in [6.45, 7) is 27.0. The predicted octanol–water partition coefficient (Wildman–Crippen LogP) is 16.4. The molecule has 0 amide bonds. The van der Waals surface area contributed by atoms with Crippen molar-refractivity contribution in [2.75, 3.05) is 71.8 Å². The molecule has 5 fully saturated rings. The molecular weight excluding hydrogens is 1440 g/mol. The van der Waals surface area contributed by atoms with Gasteiger partial charge in [-0.1, -0.05) is 125 Å². The Morgan fingerprint density at radius 1 is 0.521 bits per heavy atom. The van der Waals surface area contributed by atoms with Crippen LogP contribution in [0.3, 0.4) is 0 Å². The summed E-state index contributed by atoms with van der Waals surface area (Å²) in [5.74, 6) is 1.24. The number of rotatable bonds is 8. The Balaban J connectivity index is 0.000000156. The number of benzene rings is 4. The number of phenolic OH excluding ortho intramolecular Hbond substituents is 1. The highest BCUT2D eigenvalue weighted by atomic mass is 79.9. The molecule has 4 aromatic carbocycles. The summed E-state index contributed by atoms with van der Waals surface area (Å²) in [4.78, 5) is 14.9. The summed E-state index contributed by atoms with van der Waals surface area (Å²) in [5.41, 5.74) is 7.96. The van der Waals surface area contributed by atoms with E-state index < -0.39 is 50.0 Å². The molecule has 94 heavy (non-hydrogen) atoms. The number of anilines is 1. The summed E-state index contributed by atoms with van der Waals surface area (Å²) >= 11 is 30.1. The second kappa shape index (κ2) is 31.0. The third-order valence-electron chi connectivity index (χ3n) is 16.4. The van der Waals surface area contributed by atoms with Gasteiger partial charge in [0.25, 0.3) is 0 Å². The Labute approximate surface area is 585 Å². The van der Waals surface area contributed by atoms with Gasteiger partial charge >= 0.3 is 0 Å². The molecule has 0 saturated carbocycles. The van der Waals surface area contributed by atoms with Crippen molar-refractivity contribution in [1.29, 1.82) is 0 Å². The van der Waals surface area contributed by atoms with Gasteiger partial charge in [-0.25, -0.2) is 40.2 Å². The molecule has 5 unspecified atom stereocenters. The van der Waals surface area contributed by atoms with Gasteiger partial charge in [0.2, 0.25) is 17.7 Å². The van der Waals surface area contributed by atoms with Crippen LogP contribution in [0.5, 0.6) is 5.75 Å². The van der Waals surface area contributed by atoms with Gasteiger partial charge in [-0.05, 0) is 127 Å². The fourth-order valence-corrected chi connectivity index (χ4v) is 19.7. The van der Waals surface area contributed by atoms with E-state index in [0.29, 0.717) is 84.8 Å². The molecule has 3 aromatic heterocycles. The van der Waals surface area contributed by atoms with Crippen LogP contribution in [0.1, 0.15) is 158 Å². The van der Waals surface area contributed by atoms with Crippen molar-refractivity contribution in [3.8, 4) is 5.75 Å². The molecule has 520 valence electrons. The van der Waals surface area contributed by atoms with Gasteiger partial charge in [-0.15, -0.1) is 11.8 Å². The number of ether oxygens (including phenoxy) is 5. The number of fused-ring (bicyclic) bond motifs is 3. The molecule has 5 saturated heterocycles. The van der Waals surface area contributed by atoms with Crippen molar-refractivity contribution in [3.05, 3.63) is 86.3 Å². The second-order valence-electron chi connectivity index (χ2n) is 27.7. The monoisotopic (exact) mass is 1520 g/mol. The molecule has 5 aliphatic rings. The van der Waals surface area contributed by atoms with Crippen molar-refractivity contribution < 1.29 is 67.3 Å². The molecule has 5 aliphatic heterocycles. The third-order valence-corrected chi connectivity index (χ3v) is 27.6. The van der Waals surface area contributed by atoms with Crippen LogP contribution in [0.25, 0.3) is 33.3 Å². The van der Waals surface area contributed by atoms with Crippen LogP contribution in [0, 0.1) is 0 Å². The number of aromatic hydroxyl groups is 1. The standard InChI is InChI=1S/C17H22ClNO4S.C16H20ClNO4S.C16H20ClNO2S.C12H16ClNO4S.C5H9BrO/c1-16(2,3)15-19-12-7-6-11(18)14(13(12)23-15)24(20,21)17(4)8-5-9-22-10-17;1-16(2,3)15-18-12-7-6-11(17)14(13(12)22-15)23(19,20)10-5-4-8-21-9-10;1-16(2,3)15-18-12-7-6-11(17)14(13(12)20-15)21-10-5-4-8-19-9-10;1-12(5-2-6-18-7-12)19(16,17)11-8(13)3-4-9(14)10(11)15;6-5-2-1-3-7-4-5/h6-7H,5,8-10H2,1-4H3;6-7,10H,4-5,8-9H2,1-3H3;6-7,10H,4-5,8-9H2,1-3H3;3-4,15H,2,5-7,14H2,1H3;5H,1-4H2. The van der Waals surface area contributed by atoms with Crippen LogP contribution in [-0.4, -0.2) is 136 Å². The normalized spacial score (nSPS) is 22.6. The van der Waals surface area contributed by atoms with E-state index in [0.717, 1.165) is 72.6 Å². The van der Waals surface area contributed by atoms with E-state index in [1.807, 2.05) is 53.7 Å². The molecule has 0 aliphatic carbocycles. The number of phenols is 1. The molecule has 12 rings (SSSR count). The fraction of sp³-hybridized carbons (Fsp3) is 0.591. The van der Waals surface area contributed by atoms with Gasteiger partial charge in [0.05, 0.1) is 78.5 Å². The summed E-state index contributed by atoms with van der Waals surface area (Å²) in [6.07, 6.45) is 8.38. The second-order valence-corrected chi connectivity index (χ2v) is 38.9. The Morgan fingerprint density at radius 2 is 0.926 bits per heavy atom. The maximum absolute atomic E-state index is 13.4. The molecule has 0 radical (unpaired) electrons. The highest BCUT2D eigenvalue weighted by Gasteiger charge is 2.47. The quantitative estimate of drug-likeness (QED) is 0.0812. The molecule has 7 aromatic rings. The molecule has 19 nitrogen and oxygen atoms in total. The minimum atomic E-state index is -3.83. The largest absolute Gasteiger partial charge is 0.504 e. The summed E-state index contributed by atoms with van der Waals surface area (Å²) in [7, 11) is -11.2. The minimum absolute atomic E-state index is 0.0108. The Hall–Kier alpha value is -3.47. The fourth-order valence-electron chi connectivity index (χ4n) is 10.8. The van der Waals surface area contributed by atoms with Crippen LogP contribution in [0.15, 0.2) is 81.4 Å². The van der Waals surface area contributed by atoms with Gasteiger partial charge in [0, 0.05) is 59.4 Å². The topological polar surface area (TPSA) is 273 Å². The number of oxazole rings is 3. The number of nitrogen functional groups attached to an aromatic ring is 1. The Bertz CT molecular complexity index is 4110. The number of halogens is 5. The van der Waals surface area contributed by atoms with E-state index in [4.69, 9.17) is 89.1 Å². The Kier molecular flexibility index (Phi) is 25.1. The molecule has 3 N–H and O–H groups in total.